The molecule has 2 aliphatic rings. The van der Waals surface area contributed by atoms with Crippen LogP contribution >= 0.6 is 0 Å². The van der Waals surface area contributed by atoms with E-state index in [1.54, 1.807) is 0 Å². The van der Waals surface area contributed by atoms with Crippen LogP contribution < -0.4 is 9.47 Å². The number of phenols is 3. The van der Waals surface area contributed by atoms with Gasteiger partial charge in [-0.3, -0.25) is 4.79 Å². The van der Waals surface area contributed by atoms with Crippen molar-refractivity contribution < 1.29 is 54.8 Å². The molecule has 32 heavy (non-hydrogen) atoms. The molecule has 2 aromatic carbocycles. The second kappa shape index (κ2) is 8.30. The van der Waals surface area contributed by atoms with Crippen molar-refractivity contribution in [2.24, 2.45) is 0 Å². The number of benzene rings is 2. The zero-order valence-corrected chi connectivity index (χ0v) is 16.3. The van der Waals surface area contributed by atoms with Gasteiger partial charge in [-0.1, -0.05) is 6.07 Å². The maximum absolute atomic E-state index is 12.6. The molecular formula is C21H20O11. The molecule has 0 spiro atoms. The molecule has 0 saturated carbocycles. The molecule has 170 valence electrons. The number of aromatic hydroxyl groups is 3. The lowest BCUT2D eigenvalue weighted by Crippen LogP contribution is -2.60. The highest BCUT2D eigenvalue weighted by Gasteiger charge is 2.45. The summed E-state index contributed by atoms with van der Waals surface area (Å²) in [5, 5.41) is 68.4. The molecule has 1 saturated heterocycles. The second-order valence-electron chi connectivity index (χ2n) is 7.32. The van der Waals surface area contributed by atoms with Crippen molar-refractivity contribution in [2.45, 2.75) is 30.7 Å². The number of hydrogen-bond acceptors (Lipinski definition) is 11. The first-order valence-electron chi connectivity index (χ1n) is 9.50. The Bertz CT molecular complexity index is 1080. The molecule has 4 rings (SSSR count). The quantitative estimate of drug-likeness (QED) is 0.238. The first kappa shape index (κ1) is 21.9. The minimum Gasteiger partial charge on any atom is -0.507 e. The van der Waals surface area contributed by atoms with Gasteiger partial charge in [-0.25, -0.2) is 0 Å². The molecule has 0 aromatic heterocycles. The monoisotopic (exact) mass is 448 g/mol. The summed E-state index contributed by atoms with van der Waals surface area (Å²) in [5.74, 6) is -2.13. The van der Waals surface area contributed by atoms with Crippen molar-refractivity contribution in [3.05, 3.63) is 47.2 Å². The summed E-state index contributed by atoms with van der Waals surface area (Å²) in [6.45, 7) is -0.640. The van der Waals surface area contributed by atoms with Gasteiger partial charge in [0.25, 0.3) is 0 Å². The molecule has 7 N–H and O–H groups in total. The molecule has 2 aliphatic heterocycles. The fourth-order valence-electron chi connectivity index (χ4n) is 3.42. The van der Waals surface area contributed by atoms with Crippen LogP contribution in [0.15, 0.2) is 36.1 Å². The fourth-order valence-corrected chi connectivity index (χ4v) is 3.42. The molecule has 2 heterocycles. The fraction of sp³-hybridized carbons (Fsp3) is 0.286. The first-order chi connectivity index (χ1) is 15.2. The van der Waals surface area contributed by atoms with Crippen LogP contribution in [0.2, 0.25) is 0 Å². The van der Waals surface area contributed by atoms with E-state index in [-0.39, 0.29) is 34.3 Å². The molecule has 2 aromatic rings. The van der Waals surface area contributed by atoms with Gasteiger partial charge in [-0.2, -0.15) is 0 Å². The molecule has 0 amide bonds. The van der Waals surface area contributed by atoms with E-state index in [0.717, 1.165) is 6.07 Å². The molecule has 0 aliphatic carbocycles. The van der Waals surface area contributed by atoms with Crippen LogP contribution in [-0.2, 0) is 4.74 Å². The van der Waals surface area contributed by atoms with E-state index in [9.17, 15) is 40.5 Å². The van der Waals surface area contributed by atoms with Gasteiger partial charge in [-0.15, -0.1) is 0 Å². The predicted octanol–water partition coefficient (Wildman–Crippen LogP) is -0.402. The number of Topliss-reactive ketones (excluding diaryl/α,β-unsaturated/α-hetero) is 1. The number of ether oxygens (including phenoxy) is 3. The minimum atomic E-state index is -1.66. The highest BCUT2D eigenvalue weighted by atomic mass is 16.7. The van der Waals surface area contributed by atoms with Crippen molar-refractivity contribution in [1.82, 2.24) is 0 Å². The SMILES string of the molecule is O=C1C(=Cc2ccc(O)c(O)c2)Oc2cc(O[C@H]3O[C@H](CO)[C@@H](O)[C@H](O)[C@H]3O)cc(O)c21. The van der Waals surface area contributed by atoms with E-state index in [1.807, 2.05) is 0 Å². The highest BCUT2D eigenvalue weighted by Crippen LogP contribution is 2.42. The number of aliphatic hydroxyl groups excluding tert-OH is 4. The van der Waals surface area contributed by atoms with Crippen LogP contribution in [0.4, 0.5) is 0 Å². The minimum absolute atomic E-state index is 0.0520. The van der Waals surface area contributed by atoms with E-state index in [4.69, 9.17) is 14.2 Å². The van der Waals surface area contributed by atoms with Gasteiger partial charge < -0.3 is 50.0 Å². The number of phenolic OH excluding ortho intramolecular Hbond substituents is 3. The smallest absolute Gasteiger partial charge is 0.235 e. The number of rotatable bonds is 4. The van der Waals surface area contributed by atoms with E-state index < -0.39 is 48.8 Å². The van der Waals surface area contributed by atoms with E-state index in [2.05, 4.69) is 0 Å². The molecule has 0 unspecified atom stereocenters. The number of fused-ring (bicyclic) bond motifs is 1. The van der Waals surface area contributed by atoms with Crippen molar-refractivity contribution in [1.29, 1.82) is 0 Å². The normalized spacial score (nSPS) is 28.4. The number of hydrogen-bond donors (Lipinski definition) is 7. The predicted molar refractivity (Wildman–Crippen MR) is 105 cm³/mol. The Morgan fingerprint density at radius 1 is 0.938 bits per heavy atom. The van der Waals surface area contributed by atoms with E-state index in [0.29, 0.717) is 5.56 Å². The third kappa shape index (κ3) is 3.83. The molecule has 0 bridgehead atoms. The van der Waals surface area contributed by atoms with Gasteiger partial charge in [0.2, 0.25) is 12.1 Å². The summed E-state index contributed by atoms with van der Waals surface area (Å²) in [4.78, 5) is 12.6. The zero-order chi connectivity index (χ0) is 23.2. The van der Waals surface area contributed by atoms with Gasteiger partial charge >= 0.3 is 0 Å². The molecule has 11 heteroatoms. The third-order valence-corrected chi connectivity index (χ3v) is 5.12. The molecule has 0 radical (unpaired) electrons. The zero-order valence-electron chi connectivity index (χ0n) is 16.3. The third-order valence-electron chi connectivity index (χ3n) is 5.12. The van der Waals surface area contributed by atoms with Crippen LogP contribution in [-0.4, -0.2) is 78.8 Å². The summed E-state index contributed by atoms with van der Waals surface area (Å²) >= 11 is 0. The summed E-state index contributed by atoms with van der Waals surface area (Å²) in [5.41, 5.74) is 0.217. The van der Waals surface area contributed by atoms with E-state index in [1.165, 1.54) is 30.3 Å². The van der Waals surface area contributed by atoms with Crippen molar-refractivity contribution >= 4 is 11.9 Å². The van der Waals surface area contributed by atoms with Crippen LogP contribution in [0.1, 0.15) is 15.9 Å². The number of allylic oxidation sites excluding steroid dienone is 1. The first-order valence-corrected chi connectivity index (χ1v) is 9.50. The number of ketones is 1. The van der Waals surface area contributed by atoms with Crippen LogP contribution in [0.5, 0.6) is 28.7 Å². The van der Waals surface area contributed by atoms with Crippen LogP contribution in [0.25, 0.3) is 6.08 Å². The summed E-state index contributed by atoms with van der Waals surface area (Å²) in [7, 11) is 0. The van der Waals surface area contributed by atoms with Gasteiger partial charge in [0, 0.05) is 12.1 Å². The Hall–Kier alpha value is -3.35. The number of aliphatic hydroxyl groups is 4. The molecular weight excluding hydrogens is 428 g/mol. The molecule has 1 fully saturated rings. The van der Waals surface area contributed by atoms with Crippen LogP contribution in [0.3, 0.4) is 0 Å². The summed E-state index contributed by atoms with van der Waals surface area (Å²) in [6.07, 6.45) is -6.24. The van der Waals surface area contributed by atoms with Crippen molar-refractivity contribution in [2.75, 3.05) is 6.61 Å². The average molecular weight is 448 g/mol. The van der Waals surface area contributed by atoms with E-state index >= 15 is 0 Å². The van der Waals surface area contributed by atoms with Crippen LogP contribution in [0, 0.1) is 0 Å². The second-order valence-corrected chi connectivity index (χ2v) is 7.32. The lowest BCUT2D eigenvalue weighted by atomic mass is 9.99. The highest BCUT2D eigenvalue weighted by molar-refractivity contribution is 6.16. The van der Waals surface area contributed by atoms with Gasteiger partial charge in [0.15, 0.2) is 17.3 Å². The van der Waals surface area contributed by atoms with Gasteiger partial charge in [0.05, 0.1) is 6.61 Å². The Balaban J connectivity index is 1.58. The average Bonchev–Trinajstić information content (AvgIpc) is 3.06. The lowest BCUT2D eigenvalue weighted by Gasteiger charge is -2.39. The standard InChI is InChI=1S/C21H20O11/c22-7-15-18(27)19(28)20(29)21(32-15)30-9-5-12(25)16-13(6-9)31-14(17(16)26)4-8-1-2-10(23)11(24)3-8/h1-6,15,18-25,27-29H,7H2/t15-,18-,19+,20-,21+/m1/s1. The number of carbonyl (C=O) groups is 1. The molecule has 5 atom stereocenters. The largest absolute Gasteiger partial charge is 0.507 e. The topological polar surface area (TPSA) is 186 Å². The summed E-state index contributed by atoms with van der Waals surface area (Å²) < 4.78 is 16.2. The maximum Gasteiger partial charge on any atom is 0.235 e. The summed E-state index contributed by atoms with van der Waals surface area (Å²) in [6, 6.07) is 6.23. The van der Waals surface area contributed by atoms with Crippen molar-refractivity contribution in [3.8, 4) is 28.7 Å². The van der Waals surface area contributed by atoms with Gasteiger partial charge in [0.1, 0.15) is 47.2 Å². The van der Waals surface area contributed by atoms with Crippen molar-refractivity contribution in [3.63, 3.8) is 0 Å². The Morgan fingerprint density at radius 3 is 2.38 bits per heavy atom. The van der Waals surface area contributed by atoms with Gasteiger partial charge in [-0.05, 0) is 23.8 Å². The Kier molecular flexibility index (Phi) is 5.67. The Morgan fingerprint density at radius 2 is 1.69 bits per heavy atom. The molecule has 11 nitrogen and oxygen atoms in total. The maximum atomic E-state index is 12.6. The Labute approximate surface area is 180 Å². The number of carbonyl (C=O) groups excluding carboxylic acids is 1. The lowest BCUT2D eigenvalue weighted by molar-refractivity contribution is -0.277.